The zero-order chi connectivity index (χ0) is 7.30. The van der Waals surface area contributed by atoms with Crippen molar-refractivity contribution in [3.8, 4) is 0 Å². The number of nitrogens with two attached hydrogens (primary N) is 1. The van der Waals surface area contributed by atoms with E-state index in [-0.39, 0.29) is 12.0 Å². The monoisotopic (exact) mass is 141 g/mol. The molecule has 0 bridgehead atoms. The second-order valence-electron chi connectivity index (χ2n) is 3.41. The molecule has 10 heavy (non-hydrogen) atoms. The van der Waals surface area contributed by atoms with Crippen molar-refractivity contribution in [2.75, 3.05) is 0 Å². The Labute approximate surface area is 59.2 Å². The van der Waals surface area contributed by atoms with Crippen LogP contribution in [-0.4, -0.2) is 17.1 Å². The van der Waals surface area contributed by atoms with Crippen LogP contribution in [0.5, 0.6) is 0 Å². The first-order valence-corrected chi connectivity index (χ1v) is 3.68. The summed E-state index contributed by atoms with van der Waals surface area (Å²) in [6.07, 6.45) is 1.75. The van der Waals surface area contributed by atoms with Gasteiger partial charge in [0, 0.05) is 6.04 Å². The molecular weight excluding hydrogens is 130 g/mol. The Morgan fingerprint density at radius 3 is 2.30 bits per heavy atom. The summed E-state index contributed by atoms with van der Waals surface area (Å²) in [5.41, 5.74) is 5.68. The summed E-state index contributed by atoms with van der Waals surface area (Å²) in [5, 5.41) is 8.67. The molecule has 0 radical (unpaired) electrons. The van der Waals surface area contributed by atoms with E-state index in [9.17, 15) is 4.79 Å². The minimum absolute atomic E-state index is 0.125. The molecule has 2 rings (SSSR count). The number of rotatable bonds is 1. The van der Waals surface area contributed by atoms with Gasteiger partial charge in [-0.3, -0.25) is 4.79 Å². The van der Waals surface area contributed by atoms with Crippen LogP contribution >= 0.6 is 0 Å². The Morgan fingerprint density at radius 1 is 1.40 bits per heavy atom. The number of hydrogen-bond donors (Lipinski definition) is 2. The smallest absolute Gasteiger partial charge is 0.306 e. The Bertz CT molecular complexity index is 180. The van der Waals surface area contributed by atoms with Gasteiger partial charge in [-0.05, 0) is 24.7 Å². The first kappa shape index (κ1) is 6.16. The van der Waals surface area contributed by atoms with Crippen LogP contribution in [0.3, 0.4) is 0 Å². The highest BCUT2D eigenvalue weighted by atomic mass is 16.4. The third kappa shape index (κ3) is 0.669. The van der Waals surface area contributed by atoms with Gasteiger partial charge in [0.1, 0.15) is 0 Å². The van der Waals surface area contributed by atoms with Crippen LogP contribution in [0.15, 0.2) is 0 Å². The third-order valence-electron chi connectivity index (χ3n) is 2.80. The van der Waals surface area contributed by atoms with Crippen LogP contribution in [0.25, 0.3) is 0 Å². The Hall–Kier alpha value is -0.570. The normalized spacial score (nSPS) is 50.5. The number of aliphatic carboxylic acids is 1. The van der Waals surface area contributed by atoms with Crippen molar-refractivity contribution < 1.29 is 9.90 Å². The molecule has 2 fully saturated rings. The summed E-state index contributed by atoms with van der Waals surface area (Å²) in [7, 11) is 0. The van der Waals surface area contributed by atoms with Crippen molar-refractivity contribution in [3.05, 3.63) is 0 Å². The van der Waals surface area contributed by atoms with Gasteiger partial charge < -0.3 is 10.8 Å². The largest absolute Gasteiger partial charge is 0.481 e. The van der Waals surface area contributed by atoms with Crippen molar-refractivity contribution in [1.29, 1.82) is 0 Å². The fourth-order valence-corrected chi connectivity index (χ4v) is 2.12. The molecule has 0 aliphatic heterocycles. The molecule has 4 atom stereocenters. The molecule has 0 heterocycles. The van der Waals surface area contributed by atoms with Gasteiger partial charge in [-0.25, -0.2) is 0 Å². The topological polar surface area (TPSA) is 63.3 Å². The maximum Gasteiger partial charge on any atom is 0.306 e. The zero-order valence-corrected chi connectivity index (χ0v) is 5.66. The lowest BCUT2D eigenvalue weighted by Gasteiger charge is -2.06. The van der Waals surface area contributed by atoms with E-state index in [1.54, 1.807) is 0 Å². The molecule has 3 heteroatoms. The van der Waals surface area contributed by atoms with Crippen molar-refractivity contribution in [2.45, 2.75) is 18.9 Å². The molecule has 0 amide bonds. The van der Waals surface area contributed by atoms with Gasteiger partial charge in [0.05, 0.1) is 5.92 Å². The molecule has 0 unspecified atom stereocenters. The maximum atomic E-state index is 10.5. The highest BCUT2D eigenvalue weighted by Crippen LogP contribution is 2.54. The molecule has 0 saturated heterocycles. The second-order valence-corrected chi connectivity index (χ2v) is 3.41. The molecule has 0 aromatic carbocycles. The van der Waals surface area contributed by atoms with Crippen LogP contribution in [0.1, 0.15) is 12.8 Å². The number of carboxylic acid groups (broad SMARTS) is 1. The molecule has 3 nitrogen and oxygen atoms in total. The molecule has 2 aliphatic rings. The number of hydrogen-bond acceptors (Lipinski definition) is 2. The Balaban J connectivity index is 2.08. The Morgan fingerprint density at radius 2 is 2.10 bits per heavy atom. The number of carbonyl (C=O) groups is 1. The second kappa shape index (κ2) is 1.72. The lowest BCUT2D eigenvalue weighted by Crippen LogP contribution is -2.22. The lowest BCUT2D eigenvalue weighted by atomic mass is 10.0. The molecule has 0 spiro atoms. The van der Waals surface area contributed by atoms with Gasteiger partial charge in [-0.1, -0.05) is 0 Å². The van der Waals surface area contributed by atoms with Crippen LogP contribution < -0.4 is 5.73 Å². The fourth-order valence-electron chi connectivity index (χ4n) is 2.12. The van der Waals surface area contributed by atoms with Crippen LogP contribution in [-0.2, 0) is 4.79 Å². The van der Waals surface area contributed by atoms with Gasteiger partial charge in [0.25, 0.3) is 0 Å². The SMILES string of the molecule is N[C@H]1C[C@H](C(=O)O)[C@@H]2C[C@H]21. The van der Waals surface area contributed by atoms with E-state index < -0.39 is 5.97 Å². The maximum absolute atomic E-state index is 10.5. The summed E-state index contributed by atoms with van der Waals surface area (Å²) in [6.45, 7) is 0. The standard InChI is InChI=1S/C7H11NO2/c8-6-2-5(7(9)10)3-1-4(3)6/h3-6H,1-2,8H2,(H,9,10)/t3-,4-,5+,6+/m1/s1. The molecule has 0 aromatic heterocycles. The van der Waals surface area contributed by atoms with Crippen LogP contribution in [0, 0.1) is 17.8 Å². The van der Waals surface area contributed by atoms with Crippen molar-refractivity contribution in [3.63, 3.8) is 0 Å². The molecular formula is C7H11NO2. The Kier molecular flexibility index (Phi) is 1.06. The van der Waals surface area contributed by atoms with Gasteiger partial charge in [-0.15, -0.1) is 0 Å². The summed E-state index contributed by atoms with van der Waals surface area (Å²) in [4.78, 5) is 10.5. The van der Waals surface area contributed by atoms with Crippen molar-refractivity contribution in [2.24, 2.45) is 23.5 Å². The van der Waals surface area contributed by atoms with Gasteiger partial charge in [-0.2, -0.15) is 0 Å². The van der Waals surface area contributed by atoms with Crippen molar-refractivity contribution >= 4 is 5.97 Å². The van der Waals surface area contributed by atoms with E-state index >= 15 is 0 Å². The van der Waals surface area contributed by atoms with E-state index in [2.05, 4.69) is 0 Å². The van der Waals surface area contributed by atoms with E-state index in [4.69, 9.17) is 10.8 Å². The van der Waals surface area contributed by atoms with E-state index in [1.807, 2.05) is 0 Å². The van der Waals surface area contributed by atoms with Crippen LogP contribution in [0.4, 0.5) is 0 Å². The molecule has 56 valence electrons. The van der Waals surface area contributed by atoms with E-state index in [0.29, 0.717) is 18.3 Å². The summed E-state index contributed by atoms with van der Waals surface area (Å²) < 4.78 is 0. The van der Waals surface area contributed by atoms with E-state index in [1.165, 1.54) is 0 Å². The average Bonchev–Trinajstić information content (AvgIpc) is 2.55. The predicted molar refractivity (Wildman–Crippen MR) is 35.3 cm³/mol. The average molecular weight is 141 g/mol. The summed E-state index contributed by atoms with van der Waals surface area (Å²) in [5.74, 6) is 0.189. The van der Waals surface area contributed by atoms with E-state index in [0.717, 1.165) is 6.42 Å². The van der Waals surface area contributed by atoms with Gasteiger partial charge >= 0.3 is 5.97 Å². The summed E-state index contributed by atoms with van der Waals surface area (Å²) >= 11 is 0. The highest BCUT2D eigenvalue weighted by Gasteiger charge is 2.55. The molecule has 0 aromatic rings. The van der Waals surface area contributed by atoms with Crippen molar-refractivity contribution in [1.82, 2.24) is 0 Å². The predicted octanol–water partition coefficient (Wildman–Crippen LogP) is 0.0543. The lowest BCUT2D eigenvalue weighted by molar-refractivity contribution is -0.142. The first-order chi connectivity index (χ1) is 4.70. The third-order valence-corrected chi connectivity index (χ3v) is 2.80. The fraction of sp³-hybridized carbons (Fsp3) is 0.857. The number of fused-ring (bicyclic) bond motifs is 1. The van der Waals surface area contributed by atoms with Crippen LogP contribution in [0.2, 0.25) is 0 Å². The molecule has 3 N–H and O–H groups in total. The zero-order valence-electron chi connectivity index (χ0n) is 5.66. The quantitative estimate of drug-likeness (QED) is 0.542. The summed E-state index contributed by atoms with van der Waals surface area (Å²) in [6, 6.07) is 0.172. The minimum atomic E-state index is -0.652. The van der Waals surface area contributed by atoms with Gasteiger partial charge in [0.2, 0.25) is 0 Å². The number of carboxylic acids is 1. The molecule has 2 aliphatic carbocycles. The van der Waals surface area contributed by atoms with Gasteiger partial charge in [0.15, 0.2) is 0 Å². The first-order valence-electron chi connectivity index (χ1n) is 3.68. The molecule has 2 saturated carbocycles. The highest BCUT2D eigenvalue weighted by molar-refractivity contribution is 5.71. The minimum Gasteiger partial charge on any atom is -0.481 e.